The molecule has 0 aliphatic rings. The Morgan fingerprint density at radius 3 is 2.58 bits per heavy atom. The molecule has 1 aromatic rings. The van der Waals surface area contributed by atoms with Crippen molar-refractivity contribution in [1.82, 2.24) is 14.7 Å². The van der Waals surface area contributed by atoms with Crippen LogP contribution in [-0.2, 0) is 7.05 Å². The molecule has 0 spiro atoms. The van der Waals surface area contributed by atoms with Crippen LogP contribution in [0.15, 0.2) is 0 Å². The average Bonchev–Trinajstić information content (AvgIpc) is 2.65. The molecular formula is C14H28N4O. The normalized spacial score (nSPS) is 14.7. The Morgan fingerprint density at radius 2 is 2.11 bits per heavy atom. The molecule has 0 aromatic carbocycles. The van der Waals surface area contributed by atoms with Crippen molar-refractivity contribution in [3.05, 3.63) is 11.3 Å². The van der Waals surface area contributed by atoms with Gasteiger partial charge in [0.2, 0.25) is 5.88 Å². The van der Waals surface area contributed by atoms with E-state index in [1.807, 2.05) is 14.0 Å². The maximum atomic E-state index is 6.01. The number of nitrogens with zero attached hydrogens (tertiary/aromatic N) is 3. The predicted molar refractivity (Wildman–Crippen MR) is 78.4 cm³/mol. The van der Waals surface area contributed by atoms with Gasteiger partial charge in [0.1, 0.15) is 0 Å². The van der Waals surface area contributed by atoms with E-state index < -0.39 is 0 Å². The van der Waals surface area contributed by atoms with Gasteiger partial charge in [-0.05, 0) is 27.3 Å². The van der Waals surface area contributed by atoms with Crippen molar-refractivity contribution in [2.24, 2.45) is 12.8 Å². The van der Waals surface area contributed by atoms with Gasteiger partial charge in [0.05, 0.1) is 24.4 Å². The molecule has 2 atom stereocenters. The summed E-state index contributed by atoms with van der Waals surface area (Å²) < 4.78 is 7.27. The van der Waals surface area contributed by atoms with E-state index in [1.165, 1.54) is 6.42 Å². The third-order valence-electron chi connectivity index (χ3n) is 3.86. The first kappa shape index (κ1) is 16.0. The molecule has 0 radical (unpaired) electrons. The molecule has 1 rings (SSSR count). The average molecular weight is 268 g/mol. The molecule has 19 heavy (non-hydrogen) atoms. The quantitative estimate of drug-likeness (QED) is 0.820. The summed E-state index contributed by atoms with van der Waals surface area (Å²) in [5.41, 5.74) is 8.11. The fourth-order valence-electron chi connectivity index (χ4n) is 2.70. The molecule has 5 heteroatoms. The predicted octanol–water partition coefficient (Wildman–Crippen LogP) is 1.86. The van der Waals surface area contributed by atoms with Gasteiger partial charge in [0, 0.05) is 19.6 Å². The Labute approximate surface area is 116 Å². The molecule has 110 valence electrons. The van der Waals surface area contributed by atoms with Crippen LogP contribution in [0.2, 0.25) is 0 Å². The molecular weight excluding hydrogens is 240 g/mol. The number of hydrogen-bond donors (Lipinski definition) is 1. The van der Waals surface area contributed by atoms with Crippen LogP contribution in [0.5, 0.6) is 5.88 Å². The van der Waals surface area contributed by atoms with Crippen molar-refractivity contribution in [2.45, 2.75) is 45.7 Å². The number of methoxy groups -OCH3 is 1. The molecule has 2 N–H and O–H groups in total. The lowest BCUT2D eigenvalue weighted by molar-refractivity contribution is 0.176. The molecule has 0 saturated heterocycles. The van der Waals surface area contributed by atoms with Crippen LogP contribution in [0.3, 0.4) is 0 Å². The number of rotatable bonds is 7. The Kier molecular flexibility index (Phi) is 5.82. The minimum absolute atomic E-state index is 0.144. The number of aryl methyl sites for hydroxylation is 2. The van der Waals surface area contributed by atoms with Crippen LogP contribution >= 0.6 is 0 Å². The van der Waals surface area contributed by atoms with Gasteiger partial charge in [-0.15, -0.1) is 0 Å². The molecule has 0 bridgehead atoms. The summed E-state index contributed by atoms with van der Waals surface area (Å²) in [4.78, 5) is 2.33. The molecule has 0 amide bonds. The first-order chi connectivity index (χ1) is 8.97. The molecule has 0 saturated carbocycles. The van der Waals surface area contributed by atoms with Crippen LogP contribution in [0, 0.1) is 6.92 Å². The van der Waals surface area contributed by atoms with Gasteiger partial charge in [0.15, 0.2) is 0 Å². The van der Waals surface area contributed by atoms with Crippen LogP contribution in [-0.4, -0.2) is 41.4 Å². The lowest BCUT2D eigenvalue weighted by atomic mass is 10.0. The Morgan fingerprint density at radius 1 is 1.47 bits per heavy atom. The molecule has 5 nitrogen and oxygen atoms in total. The second-order valence-corrected chi connectivity index (χ2v) is 5.19. The van der Waals surface area contributed by atoms with Crippen molar-refractivity contribution in [3.8, 4) is 5.88 Å². The highest BCUT2D eigenvalue weighted by Crippen LogP contribution is 2.32. The van der Waals surface area contributed by atoms with Gasteiger partial charge >= 0.3 is 0 Å². The highest BCUT2D eigenvalue weighted by atomic mass is 16.5. The van der Waals surface area contributed by atoms with Crippen LogP contribution in [0.4, 0.5) is 0 Å². The maximum absolute atomic E-state index is 6.01. The SMILES string of the molecule is CCCC(C)N(C)C(CN)c1c(C)nn(C)c1OC. The van der Waals surface area contributed by atoms with E-state index in [9.17, 15) is 0 Å². The number of likely N-dealkylation sites (N-methyl/N-ethyl adjacent to an activating group) is 1. The molecule has 0 fully saturated rings. The fraction of sp³-hybridized carbons (Fsp3) is 0.786. The van der Waals surface area contributed by atoms with Crippen LogP contribution in [0.25, 0.3) is 0 Å². The highest BCUT2D eigenvalue weighted by molar-refractivity contribution is 5.34. The van der Waals surface area contributed by atoms with E-state index >= 15 is 0 Å². The third-order valence-corrected chi connectivity index (χ3v) is 3.86. The first-order valence-electron chi connectivity index (χ1n) is 6.97. The number of aromatic nitrogens is 2. The molecule has 0 aliphatic heterocycles. The van der Waals surface area contributed by atoms with Crippen molar-refractivity contribution in [1.29, 1.82) is 0 Å². The molecule has 1 heterocycles. The maximum Gasteiger partial charge on any atom is 0.216 e. The second kappa shape index (κ2) is 6.91. The lowest BCUT2D eigenvalue weighted by Crippen LogP contribution is -2.37. The topological polar surface area (TPSA) is 56.3 Å². The van der Waals surface area contributed by atoms with Gasteiger partial charge < -0.3 is 10.5 Å². The Hall–Kier alpha value is -1.07. The molecule has 0 aliphatic carbocycles. The van der Waals surface area contributed by atoms with Crippen molar-refractivity contribution in [2.75, 3.05) is 20.7 Å². The second-order valence-electron chi connectivity index (χ2n) is 5.19. The highest BCUT2D eigenvalue weighted by Gasteiger charge is 2.27. The smallest absolute Gasteiger partial charge is 0.216 e. The largest absolute Gasteiger partial charge is 0.481 e. The van der Waals surface area contributed by atoms with Gasteiger partial charge in [0.25, 0.3) is 0 Å². The number of ether oxygens (including phenoxy) is 1. The van der Waals surface area contributed by atoms with E-state index in [2.05, 4.69) is 30.9 Å². The number of hydrogen-bond acceptors (Lipinski definition) is 4. The number of nitrogens with two attached hydrogens (primary N) is 1. The van der Waals surface area contributed by atoms with Crippen molar-refractivity contribution in [3.63, 3.8) is 0 Å². The zero-order chi connectivity index (χ0) is 14.6. The zero-order valence-electron chi connectivity index (χ0n) is 13.1. The molecule has 1 aromatic heterocycles. The summed E-state index contributed by atoms with van der Waals surface area (Å²) in [5.74, 6) is 0.809. The van der Waals surface area contributed by atoms with E-state index in [1.54, 1.807) is 11.8 Å². The van der Waals surface area contributed by atoms with E-state index in [0.29, 0.717) is 12.6 Å². The van der Waals surface area contributed by atoms with Gasteiger partial charge in [-0.25, -0.2) is 4.68 Å². The van der Waals surface area contributed by atoms with Gasteiger partial charge in [-0.1, -0.05) is 13.3 Å². The van der Waals surface area contributed by atoms with Crippen LogP contribution < -0.4 is 10.5 Å². The summed E-state index contributed by atoms with van der Waals surface area (Å²) in [7, 11) is 5.71. The fourth-order valence-corrected chi connectivity index (χ4v) is 2.70. The zero-order valence-corrected chi connectivity index (χ0v) is 13.1. The third kappa shape index (κ3) is 3.28. The summed E-state index contributed by atoms with van der Waals surface area (Å²) in [6, 6.07) is 0.632. The lowest BCUT2D eigenvalue weighted by Gasteiger charge is -2.32. The Balaban J connectivity index is 3.09. The summed E-state index contributed by atoms with van der Waals surface area (Å²) in [6.45, 7) is 7.02. The molecule has 2 unspecified atom stereocenters. The van der Waals surface area contributed by atoms with E-state index in [0.717, 1.165) is 23.6 Å². The summed E-state index contributed by atoms with van der Waals surface area (Å²) in [6.07, 6.45) is 2.33. The van der Waals surface area contributed by atoms with E-state index in [4.69, 9.17) is 10.5 Å². The van der Waals surface area contributed by atoms with Crippen molar-refractivity contribution >= 4 is 0 Å². The van der Waals surface area contributed by atoms with E-state index in [-0.39, 0.29) is 6.04 Å². The Bertz CT molecular complexity index is 402. The van der Waals surface area contributed by atoms with Crippen LogP contribution in [0.1, 0.15) is 44.0 Å². The minimum atomic E-state index is 0.144. The monoisotopic (exact) mass is 268 g/mol. The van der Waals surface area contributed by atoms with Gasteiger partial charge in [-0.2, -0.15) is 5.10 Å². The first-order valence-corrected chi connectivity index (χ1v) is 6.97. The van der Waals surface area contributed by atoms with Gasteiger partial charge in [-0.3, -0.25) is 4.90 Å². The van der Waals surface area contributed by atoms with Crippen molar-refractivity contribution < 1.29 is 4.74 Å². The summed E-state index contributed by atoms with van der Waals surface area (Å²) in [5, 5.41) is 4.45. The standard InChI is InChI=1S/C14H28N4O/c1-7-8-10(2)17(4)12(9-15)13-11(3)16-18(5)14(13)19-6/h10,12H,7-9,15H2,1-6H3. The minimum Gasteiger partial charge on any atom is -0.481 e. The summed E-state index contributed by atoms with van der Waals surface area (Å²) >= 11 is 0.